The number of ether oxygens (including phenoxy) is 15. The van der Waals surface area contributed by atoms with Crippen molar-refractivity contribution in [2.24, 2.45) is 0 Å². The summed E-state index contributed by atoms with van der Waals surface area (Å²) in [4.78, 5) is 44.7. The number of fused-ring (bicyclic) bond motifs is 5. The fourth-order valence-corrected chi connectivity index (χ4v) is 6.88. The van der Waals surface area contributed by atoms with Gasteiger partial charge in [-0.15, -0.1) is 0 Å². The van der Waals surface area contributed by atoms with Crippen LogP contribution in [0.3, 0.4) is 0 Å². The predicted octanol–water partition coefficient (Wildman–Crippen LogP) is 3.07. The molecule has 2 aliphatic heterocycles. The van der Waals surface area contributed by atoms with Crippen LogP contribution < -0.4 is 5.56 Å². The number of cyclic esters (lactones) is 1. The summed E-state index contributed by atoms with van der Waals surface area (Å²) in [5, 5.41) is 0.957. The number of nitrogens with zero attached hydrogens (tertiary/aromatic N) is 2. The van der Waals surface area contributed by atoms with Crippen molar-refractivity contribution in [3.63, 3.8) is 0 Å². The highest BCUT2D eigenvalue weighted by Gasteiger charge is 2.51. The molecule has 0 unspecified atom stereocenters. The zero-order valence-electron chi connectivity index (χ0n) is 38.3. The number of carbonyl (C=O) groups is 2. The van der Waals surface area contributed by atoms with Gasteiger partial charge in [0.1, 0.15) is 13.2 Å². The Labute approximate surface area is 385 Å². The third kappa shape index (κ3) is 17.2. The minimum atomic E-state index is -1.86. The van der Waals surface area contributed by atoms with E-state index in [-0.39, 0.29) is 49.5 Å². The van der Waals surface area contributed by atoms with Crippen LogP contribution in [0.2, 0.25) is 0 Å². The highest BCUT2D eigenvalue weighted by molar-refractivity contribution is 5.87. The number of esters is 1. The Hall–Kier alpha value is -4.16. The van der Waals surface area contributed by atoms with Crippen molar-refractivity contribution in [2.75, 3.05) is 166 Å². The van der Waals surface area contributed by atoms with Gasteiger partial charge in [-0.3, -0.25) is 4.79 Å². The predicted molar refractivity (Wildman–Crippen MR) is 236 cm³/mol. The molecule has 0 aliphatic carbocycles. The second kappa shape index (κ2) is 31.0. The van der Waals surface area contributed by atoms with E-state index in [2.05, 4.69) is 0 Å². The van der Waals surface area contributed by atoms with Crippen LogP contribution in [0, 0.1) is 0 Å². The molecule has 0 N–H and O–H groups in total. The van der Waals surface area contributed by atoms with Gasteiger partial charge in [0.05, 0.1) is 181 Å². The summed E-state index contributed by atoms with van der Waals surface area (Å²) in [5.41, 5.74) is 1.18. The van der Waals surface area contributed by atoms with Crippen molar-refractivity contribution in [1.82, 2.24) is 9.55 Å². The van der Waals surface area contributed by atoms with Crippen molar-refractivity contribution in [2.45, 2.75) is 32.1 Å². The number of methoxy groups -OCH3 is 1. The molecule has 368 valence electrons. The van der Waals surface area contributed by atoms with Gasteiger partial charge in [-0.25, -0.2) is 14.6 Å². The number of rotatable bonds is 38. The van der Waals surface area contributed by atoms with Gasteiger partial charge in [0, 0.05) is 23.6 Å². The van der Waals surface area contributed by atoms with Crippen LogP contribution in [-0.2, 0) is 94.6 Å². The lowest BCUT2D eigenvalue weighted by atomic mass is 9.85. The van der Waals surface area contributed by atoms with Gasteiger partial charge in [0.25, 0.3) is 5.56 Å². The van der Waals surface area contributed by atoms with Gasteiger partial charge in [0.2, 0.25) is 5.60 Å². The van der Waals surface area contributed by atoms with Crippen molar-refractivity contribution in [3.05, 3.63) is 63.4 Å². The molecule has 2 aromatic heterocycles. The summed E-state index contributed by atoms with van der Waals surface area (Å²) in [7, 11) is 1.64. The summed E-state index contributed by atoms with van der Waals surface area (Å²) in [5.74, 6) is -0.775. The third-order valence-corrected chi connectivity index (χ3v) is 10.2. The molecule has 1 atom stereocenters. The van der Waals surface area contributed by atoms with E-state index in [4.69, 9.17) is 76.0 Å². The van der Waals surface area contributed by atoms with Crippen molar-refractivity contribution >= 4 is 23.0 Å². The molecule has 0 fully saturated rings. The Kier molecular flexibility index (Phi) is 24.8. The number of benzene rings is 1. The summed E-state index contributed by atoms with van der Waals surface area (Å²) < 4.78 is 83.0. The topological polar surface area (TPSA) is 207 Å². The van der Waals surface area contributed by atoms with Crippen molar-refractivity contribution in [3.8, 4) is 11.4 Å². The molecule has 2 aliphatic rings. The van der Waals surface area contributed by atoms with Gasteiger partial charge in [-0.1, -0.05) is 25.1 Å². The smallest absolute Gasteiger partial charge is 0.457 e. The summed E-state index contributed by atoms with van der Waals surface area (Å²) >= 11 is 0. The van der Waals surface area contributed by atoms with E-state index in [0.717, 1.165) is 16.5 Å². The average molecular weight is 935 g/mol. The molecule has 0 saturated heterocycles. The lowest BCUT2D eigenvalue weighted by Gasteiger charge is -2.35. The summed E-state index contributed by atoms with van der Waals surface area (Å²) in [6.07, 6.45) is -1.07. The zero-order valence-corrected chi connectivity index (χ0v) is 38.3. The fraction of sp³-hybridized carbons (Fsp3) is 0.652. The number of pyridine rings is 2. The van der Waals surface area contributed by atoms with E-state index < -0.39 is 17.7 Å². The maximum atomic E-state index is 13.7. The SMILES string of the molecule is CC[C@@]1(OC(=O)OCCOCCOCCOCCOCCOCCOCCOCCOCCOCCOCCOCCOC)C(=O)OCc2c1cc1n(c2=O)Cc2cc3ccccc3nc2-1. The molecule has 5 rings (SSSR count). The Morgan fingerprint density at radius 3 is 1.52 bits per heavy atom. The minimum Gasteiger partial charge on any atom is -0.457 e. The molecule has 3 aromatic rings. The van der Waals surface area contributed by atoms with Gasteiger partial charge >= 0.3 is 12.1 Å². The molecule has 66 heavy (non-hydrogen) atoms. The summed E-state index contributed by atoms with van der Waals surface area (Å²) in [6, 6.07) is 11.4. The lowest BCUT2D eigenvalue weighted by molar-refractivity contribution is -0.175. The van der Waals surface area contributed by atoms with Crippen LogP contribution in [0.1, 0.15) is 30.0 Å². The first-order valence-corrected chi connectivity index (χ1v) is 22.5. The normalized spacial score (nSPS) is 15.2. The Morgan fingerprint density at radius 1 is 0.621 bits per heavy atom. The molecule has 4 heterocycles. The largest absolute Gasteiger partial charge is 0.509 e. The van der Waals surface area contributed by atoms with Crippen LogP contribution in [0.4, 0.5) is 4.79 Å². The molecule has 0 spiro atoms. The first-order chi connectivity index (χ1) is 32.5. The molecular weight excluding hydrogens is 869 g/mol. The lowest BCUT2D eigenvalue weighted by Crippen LogP contribution is -2.47. The van der Waals surface area contributed by atoms with Crippen LogP contribution >= 0.6 is 0 Å². The van der Waals surface area contributed by atoms with Crippen LogP contribution in [0.25, 0.3) is 22.3 Å². The quantitative estimate of drug-likeness (QED) is 0.0468. The summed E-state index contributed by atoms with van der Waals surface area (Å²) in [6.45, 7) is 11.9. The number of hydrogen-bond donors (Lipinski definition) is 0. The number of carbonyl (C=O) groups excluding carboxylic acids is 2. The van der Waals surface area contributed by atoms with Crippen LogP contribution in [0.5, 0.6) is 0 Å². The fourth-order valence-electron chi connectivity index (χ4n) is 6.88. The number of para-hydroxylation sites is 1. The zero-order chi connectivity index (χ0) is 46.5. The molecule has 0 saturated carbocycles. The van der Waals surface area contributed by atoms with Crippen LogP contribution in [-0.4, -0.2) is 187 Å². The van der Waals surface area contributed by atoms with E-state index >= 15 is 0 Å². The maximum absolute atomic E-state index is 13.7. The minimum absolute atomic E-state index is 0.0205. The number of aromatic nitrogens is 2. The second-order valence-electron chi connectivity index (χ2n) is 14.7. The Bertz CT molecular complexity index is 1930. The highest BCUT2D eigenvalue weighted by Crippen LogP contribution is 2.41. The average Bonchev–Trinajstić information content (AvgIpc) is 3.69. The van der Waals surface area contributed by atoms with E-state index in [1.165, 1.54) is 0 Å². The first-order valence-electron chi connectivity index (χ1n) is 22.5. The van der Waals surface area contributed by atoms with Gasteiger partial charge < -0.3 is 75.6 Å². The van der Waals surface area contributed by atoms with Gasteiger partial charge in [-0.05, 0) is 24.6 Å². The Balaban J connectivity index is 0.784. The third-order valence-electron chi connectivity index (χ3n) is 10.2. The van der Waals surface area contributed by atoms with E-state index in [1.807, 2.05) is 30.3 Å². The highest BCUT2D eigenvalue weighted by atomic mass is 16.7. The van der Waals surface area contributed by atoms with Gasteiger partial charge in [0.15, 0.2) is 0 Å². The van der Waals surface area contributed by atoms with E-state index in [1.54, 1.807) is 24.7 Å². The van der Waals surface area contributed by atoms with Gasteiger partial charge in [-0.2, -0.15) is 0 Å². The molecular formula is C46H66N2O18. The van der Waals surface area contributed by atoms with E-state index in [0.29, 0.717) is 157 Å². The molecule has 20 heteroatoms. The maximum Gasteiger partial charge on any atom is 0.509 e. The molecule has 0 radical (unpaired) electrons. The Morgan fingerprint density at radius 2 is 1.06 bits per heavy atom. The van der Waals surface area contributed by atoms with E-state index in [9.17, 15) is 14.4 Å². The number of hydrogen-bond acceptors (Lipinski definition) is 19. The van der Waals surface area contributed by atoms with Crippen LogP contribution in [0.15, 0.2) is 41.2 Å². The monoisotopic (exact) mass is 934 g/mol. The molecule has 0 bridgehead atoms. The molecule has 0 amide bonds. The van der Waals surface area contributed by atoms with Crippen molar-refractivity contribution in [1.29, 1.82) is 0 Å². The molecule has 1 aromatic carbocycles. The first kappa shape index (κ1) is 52.8. The van der Waals surface area contributed by atoms with Crippen molar-refractivity contribution < 1.29 is 80.6 Å². The second-order valence-corrected chi connectivity index (χ2v) is 14.7. The molecule has 20 nitrogen and oxygen atoms in total. The standard InChI is InChI=1S/C46H66N2O18/c1-3-46(39-33-41-42-37(32-36-6-4-5-7-40(36)47-42)34-48(41)43(49)38(39)35-65-44(46)50)66-45(51)64-31-30-63-29-28-62-27-26-61-25-24-60-23-22-59-21-20-58-19-18-57-17-16-56-15-14-55-13-12-54-11-10-53-9-8-52-2/h4-7,32-33H,3,8-31,34-35H2,1-2H3/t46-/m0/s1.